The third-order valence-electron chi connectivity index (χ3n) is 4.36. The zero-order chi connectivity index (χ0) is 15.5. The largest absolute Gasteiger partial charge is 0.464 e. The van der Waals surface area contributed by atoms with E-state index in [1.165, 1.54) is 5.56 Å². The number of hydrogen-bond acceptors (Lipinski definition) is 3. The highest BCUT2D eigenvalue weighted by molar-refractivity contribution is 5.84. The van der Waals surface area contributed by atoms with E-state index in [-0.39, 0.29) is 11.4 Å². The van der Waals surface area contributed by atoms with Crippen LogP contribution in [0.2, 0.25) is 0 Å². The first-order chi connectivity index (χ1) is 9.98. The van der Waals surface area contributed by atoms with Crippen LogP contribution >= 0.6 is 0 Å². The maximum Gasteiger partial charge on any atom is 0.331 e. The molecule has 0 saturated carbocycles. The molecule has 1 aliphatic rings. The van der Waals surface area contributed by atoms with Gasteiger partial charge in [0.1, 0.15) is 5.54 Å². The molecule has 0 aromatic heterocycles. The molecule has 0 radical (unpaired) electrons. The Bertz CT molecular complexity index is 571. The number of carbonyl (C=O) groups excluding carboxylic acids is 1. The van der Waals surface area contributed by atoms with E-state index in [1.54, 1.807) is 0 Å². The average Bonchev–Trinajstić information content (AvgIpc) is 2.47. The van der Waals surface area contributed by atoms with Gasteiger partial charge in [-0.05, 0) is 36.3 Å². The highest BCUT2D eigenvalue weighted by Crippen LogP contribution is 2.45. The number of rotatable bonds is 4. The molecular formula is C18H23NO2. The molecule has 21 heavy (non-hydrogen) atoms. The smallest absolute Gasteiger partial charge is 0.331 e. The minimum absolute atomic E-state index is 0.0460. The van der Waals surface area contributed by atoms with Crippen LogP contribution < -0.4 is 5.32 Å². The Hall–Kier alpha value is -1.79. The molecule has 2 rings (SSSR count). The van der Waals surface area contributed by atoms with Crippen molar-refractivity contribution in [3.05, 3.63) is 35.4 Å². The number of esters is 1. The average molecular weight is 285 g/mol. The summed E-state index contributed by atoms with van der Waals surface area (Å²) in [5.41, 5.74) is 1.41. The van der Waals surface area contributed by atoms with E-state index in [0.717, 1.165) is 12.0 Å². The van der Waals surface area contributed by atoms with Gasteiger partial charge < -0.3 is 4.74 Å². The Morgan fingerprint density at radius 2 is 2.00 bits per heavy atom. The molecule has 0 spiro atoms. The van der Waals surface area contributed by atoms with Gasteiger partial charge in [-0.15, -0.1) is 6.42 Å². The van der Waals surface area contributed by atoms with Gasteiger partial charge in [-0.25, -0.2) is 4.79 Å². The van der Waals surface area contributed by atoms with Crippen molar-refractivity contribution in [2.75, 3.05) is 13.2 Å². The number of fused-ring (bicyclic) bond motifs is 1. The SMILES string of the molecule is C#CCNC1(C(=O)OCC)CCC(C)(C)c2ccccc21. The van der Waals surface area contributed by atoms with E-state index in [9.17, 15) is 4.79 Å². The number of hydrogen-bond donors (Lipinski definition) is 1. The molecule has 3 heteroatoms. The minimum Gasteiger partial charge on any atom is -0.464 e. The molecular weight excluding hydrogens is 262 g/mol. The van der Waals surface area contributed by atoms with E-state index >= 15 is 0 Å². The van der Waals surface area contributed by atoms with Crippen LogP contribution in [0.15, 0.2) is 24.3 Å². The van der Waals surface area contributed by atoms with Gasteiger partial charge in [0.2, 0.25) is 0 Å². The van der Waals surface area contributed by atoms with Crippen molar-refractivity contribution >= 4 is 5.97 Å². The Morgan fingerprint density at radius 3 is 2.62 bits per heavy atom. The second-order valence-electron chi connectivity index (χ2n) is 6.11. The van der Waals surface area contributed by atoms with Gasteiger partial charge in [0, 0.05) is 0 Å². The summed E-state index contributed by atoms with van der Waals surface area (Å²) in [4.78, 5) is 12.6. The Kier molecular flexibility index (Phi) is 4.39. The second-order valence-corrected chi connectivity index (χ2v) is 6.11. The van der Waals surface area contributed by atoms with Crippen molar-refractivity contribution in [2.45, 2.75) is 44.6 Å². The van der Waals surface area contributed by atoms with Crippen LogP contribution in [-0.2, 0) is 20.5 Å². The van der Waals surface area contributed by atoms with Crippen LogP contribution in [0.25, 0.3) is 0 Å². The molecule has 0 saturated heterocycles. The monoisotopic (exact) mass is 285 g/mol. The summed E-state index contributed by atoms with van der Waals surface area (Å²) in [5.74, 6) is 2.34. The minimum atomic E-state index is -0.825. The number of benzene rings is 1. The molecule has 1 aromatic rings. The molecule has 1 N–H and O–H groups in total. The normalized spacial score (nSPS) is 23.0. The second kappa shape index (κ2) is 5.91. The van der Waals surface area contributed by atoms with Crippen LogP contribution in [0.5, 0.6) is 0 Å². The van der Waals surface area contributed by atoms with Gasteiger partial charge in [0.05, 0.1) is 13.2 Å². The lowest BCUT2D eigenvalue weighted by Gasteiger charge is -2.43. The Balaban J connectivity index is 2.56. The van der Waals surface area contributed by atoms with E-state index < -0.39 is 5.54 Å². The van der Waals surface area contributed by atoms with Crippen molar-refractivity contribution in [3.63, 3.8) is 0 Å². The van der Waals surface area contributed by atoms with Crippen LogP contribution in [-0.4, -0.2) is 19.1 Å². The fourth-order valence-corrected chi connectivity index (χ4v) is 3.14. The van der Waals surface area contributed by atoms with Crippen molar-refractivity contribution in [1.29, 1.82) is 0 Å². The lowest BCUT2D eigenvalue weighted by Crippen LogP contribution is -2.54. The topological polar surface area (TPSA) is 38.3 Å². The van der Waals surface area contributed by atoms with Crippen molar-refractivity contribution in [3.8, 4) is 12.3 Å². The molecule has 0 amide bonds. The third-order valence-corrected chi connectivity index (χ3v) is 4.36. The summed E-state index contributed by atoms with van der Waals surface area (Å²) in [6.45, 7) is 6.95. The van der Waals surface area contributed by atoms with Crippen LogP contribution in [0.3, 0.4) is 0 Å². The number of ether oxygens (including phenoxy) is 1. The summed E-state index contributed by atoms with van der Waals surface area (Å²) >= 11 is 0. The zero-order valence-corrected chi connectivity index (χ0v) is 13.0. The first kappa shape index (κ1) is 15.6. The van der Waals surface area contributed by atoms with Crippen molar-refractivity contribution in [2.24, 2.45) is 0 Å². The lowest BCUT2D eigenvalue weighted by atomic mass is 9.65. The molecule has 1 atom stereocenters. The summed E-state index contributed by atoms with van der Waals surface area (Å²) in [6, 6.07) is 8.09. The Labute approximate surface area is 127 Å². The molecule has 3 nitrogen and oxygen atoms in total. The van der Waals surface area contributed by atoms with Crippen LogP contribution in [0.1, 0.15) is 44.7 Å². The molecule has 112 valence electrons. The van der Waals surface area contributed by atoms with E-state index in [1.807, 2.05) is 25.1 Å². The van der Waals surface area contributed by atoms with Gasteiger partial charge in [0.15, 0.2) is 0 Å². The molecule has 0 heterocycles. The highest BCUT2D eigenvalue weighted by Gasteiger charge is 2.48. The van der Waals surface area contributed by atoms with E-state index in [2.05, 4.69) is 31.2 Å². The molecule has 1 aliphatic carbocycles. The maximum atomic E-state index is 12.6. The lowest BCUT2D eigenvalue weighted by molar-refractivity contribution is -0.152. The summed E-state index contributed by atoms with van der Waals surface area (Å²) in [7, 11) is 0. The maximum absolute atomic E-state index is 12.6. The van der Waals surface area contributed by atoms with Crippen molar-refractivity contribution in [1.82, 2.24) is 5.32 Å². The zero-order valence-electron chi connectivity index (χ0n) is 13.0. The number of nitrogens with one attached hydrogen (secondary N) is 1. The fraction of sp³-hybridized carbons (Fsp3) is 0.500. The standard InChI is InChI=1S/C18H23NO2/c1-5-13-19-18(16(20)21-6-2)12-11-17(3,4)14-9-7-8-10-15(14)18/h1,7-10,19H,6,11-13H2,2-4H3. The van der Waals surface area contributed by atoms with Gasteiger partial charge in [0.25, 0.3) is 0 Å². The van der Waals surface area contributed by atoms with Gasteiger partial charge in [-0.3, -0.25) is 5.32 Å². The van der Waals surface area contributed by atoms with Crippen molar-refractivity contribution < 1.29 is 9.53 Å². The Morgan fingerprint density at radius 1 is 1.33 bits per heavy atom. The quantitative estimate of drug-likeness (QED) is 0.683. The molecule has 0 bridgehead atoms. The van der Waals surface area contributed by atoms with E-state index in [4.69, 9.17) is 11.2 Å². The van der Waals surface area contributed by atoms with Gasteiger partial charge in [-0.1, -0.05) is 44.0 Å². The van der Waals surface area contributed by atoms with Gasteiger partial charge >= 0.3 is 5.97 Å². The predicted molar refractivity (Wildman–Crippen MR) is 83.8 cm³/mol. The highest BCUT2D eigenvalue weighted by atomic mass is 16.5. The summed E-state index contributed by atoms with van der Waals surface area (Å²) < 4.78 is 5.34. The predicted octanol–water partition coefficient (Wildman–Crippen LogP) is 2.74. The fourth-order valence-electron chi connectivity index (χ4n) is 3.14. The summed E-state index contributed by atoms with van der Waals surface area (Å²) in [6.07, 6.45) is 6.98. The molecule has 1 aromatic carbocycles. The number of carbonyl (C=O) groups is 1. The van der Waals surface area contributed by atoms with Crippen LogP contribution in [0.4, 0.5) is 0 Å². The number of terminal acetylenes is 1. The summed E-state index contributed by atoms with van der Waals surface area (Å²) in [5, 5.41) is 3.25. The molecule has 0 fully saturated rings. The van der Waals surface area contributed by atoms with Gasteiger partial charge in [-0.2, -0.15) is 0 Å². The first-order valence-corrected chi connectivity index (χ1v) is 7.43. The third kappa shape index (κ3) is 2.69. The first-order valence-electron chi connectivity index (χ1n) is 7.43. The van der Waals surface area contributed by atoms with E-state index in [0.29, 0.717) is 19.6 Å². The molecule has 1 unspecified atom stereocenters. The molecule has 0 aliphatic heterocycles. The van der Waals surface area contributed by atoms with Crippen LogP contribution in [0, 0.1) is 12.3 Å².